The number of aromatic nitrogens is 3. The van der Waals surface area contributed by atoms with Crippen LogP contribution >= 0.6 is 11.3 Å². The minimum absolute atomic E-state index is 0.0183. The van der Waals surface area contributed by atoms with E-state index in [1.807, 2.05) is 40.3 Å². The van der Waals surface area contributed by atoms with Gasteiger partial charge in [-0.1, -0.05) is 19.1 Å². The Hall–Kier alpha value is -2.26. The first kappa shape index (κ1) is 20.0. The van der Waals surface area contributed by atoms with Crippen LogP contribution in [-0.4, -0.2) is 50.4 Å². The van der Waals surface area contributed by atoms with E-state index in [9.17, 15) is 9.59 Å². The molecule has 0 aromatic carbocycles. The minimum atomic E-state index is -0.428. The molecule has 9 heteroatoms. The number of nitrogens with zero attached hydrogens (tertiary/aromatic N) is 4. The van der Waals surface area contributed by atoms with Crippen molar-refractivity contribution in [3.63, 3.8) is 0 Å². The third-order valence-electron chi connectivity index (χ3n) is 5.51. The van der Waals surface area contributed by atoms with Crippen LogP contribution in [0, 0.1) is 5.92 Å². The Bertz CT molecular complexity index is 879. The smallest absolute Gasteiger partial charge is 0.254 e. The predicted molar refractivity (Wildman–Crippen MR) is 108 cm³/mol. The molecule has 8 nitrogen and oxygen atoms in total. The molecule has 29 heavy (non-hydrogen) atoms. The van der Waals surface area contributed by atoms with E-state index in [0.717, 1.165) is 36.3 Å². The maximum Gasteiger partial charge on any atom is 0.254 e. The summed E-state index contributed by atoms with van der Waals surface area (Å²) in [5, 5.41) is 15.3. The van der Waals surface area contributed by atoms with Crippen molar-refractivity contribution in [2.75, 3.05) is 13.1 Å². The number of carbonyl (C=O) groups is 2. The Labute approximate surface area is 174 Å². The molecule has 0 radical (unpaired) electrons. The molecular weight excluding hydrogens is 390 g/mol. The normalized spacial score (nSPS) is 21.4. The third-order valence-corrected chi connectivity index (χ3v) is 6.20. The number of carbonyl (C=O) groups excluding carboxylic acids is 2. The molecule has 4 heterocycles. The maximum atomic E-state index is 12.8. The van der Waals surface area contributed by atoms with E-state index in [4.69, 9.17) is 4.74 Å². The average molecular weight is 418 g/mol. The van der Waals surface area contributed by atoms with Gasteiger partial charge in [0.15, 0.2) is 0 Å². The van der Waals surface area contributed by atoms with Gasteiger partial charge in [-0.2, -0.15) is 11.3 Å². The van der Waals surface area contributed by atoms with Gasteiger partial charge in [-0.3, -0.25) is 9.59 Å². The summed E-state index contributed by atoms with van der Waals surface area (Å²) in [7, 11) is 0. The van der Waals surface area contributed by atoms with Gasteiger partial charge >= 0.3 is 0 Å². The lowest BCUT2D eigenvalue weighted by Gasteiger charge is -2.44. The van der Waals surface area contributed by atoms with Crippen LogP contribution in [0.2, 0.25) is 0 Å². The molecule has 1 fully saturated rings. The summed E-state index contributed by atoms with van der Waals surface area (Å²) in [5.41, 5.74) is 1.97. The molecule has 1 saturated heterocycles. The quantitative estimate of drug-likeness (QED) is 0.806. The van der Waals surface area contributed by atoms with Crippen molar-refractivity contribution in [3.05, 3.63) is 33.8 Å². The fraction of sp³-hybridized carbons (Fsp3) is 0.600. The fourth-order valence-electron chi connectivity index (χ4n) is 4.04. The second-order valence-corrected chi connectivity index (χ2v) is 9.11. The van der Waals surface area contributed by atoms with Crippen LogP contribution in [0.1, 0.15) is 54.9 Å². The zero-order chi connectivity index (χ0) is 20.4. The Morgan fingerprint density at radius 1 is 1.38 bits per heavy atom. The Morgan fingerprint density at radius 2 is 2.24 bits per heavy atom. The van der Waals surface area contributed by atoms with Crippen LogP contribution in [0.4, 0.5) is 0 Å². The average Bonchev–Trinajstić information content (AvgIpc) is 3.35. The van der Waals surface area contributed by atoms with E-state index < -0.39 is 5.60 Å². The van der Waals surface area contributed by atoms with E-state index in [0.29, 0.717) is 38.6 Å². The number of nitrogens with one attached hydrogen (secondary N) is 1. The Morgan fingerprint density at radius 3 is 3.00 bits per heavy atom. The van der Waals surface area contributed by atoms with Gasteiger partial charge < -0.3 is 15.0 Å². The van der Waals surface area contributed by atoms with Crippen molar-refractivity contribution in [2.24, 2.45) is 5.92 Å². The first-order valence-electron chi connectivity index (χ1n) is 10.1. The van der Waals surface area contributed by atoms with E-state index >= 15 is 0 Å². The number of rotatable bonds is 5. The first-order chi connectivity index (χ1) is 14.0. The topological polar surface area (TPSA) is 89.3 Å². The fourth-order valence-corrected chi connectivity index (χ4v) is 4.67. The van der Waals surface area contributed by atoms with Crippen LogP contribution in [0.5, 0.6) is 0 Å². The summed E-state index contributed by atoms with van der Waals surface area (Å²) in [6, 6.07) is 1.87. The lowest BCUT2D eigenvalue weighted by molar-refractivity contribution is -0.123. The van der Waals surface area contributed by atoms with Crippen molar-refractivity contribution in [3.8, 4) is 0 Å². The lowest BCUT2D eigenvalue weighted by Crippen LogP contribution is -2.55. The van der Waals surface area contributed by atoms with Gasteiger partial charge in [0.2, 0.25) is 5.91 Å². The van der Waals surface area contributed by atoms with Gasteiger partial charge in [0, 0.05) is 18.3 Å². The standard InChI is InChI=1S/C20H27N5O3S/c1-14(2)8-18(26)21-9-16-17-10-28-20(13-25(17)23-22-16)5-3-6-24(12-20)19(27)15-4-7-29-11-15/h4,7,11,14H,3,5-6,8-10,12-13H2,1-2H3,(H,21,26). The second-order valence-electron chi connectivity index (χ2n) is 8.33. The molecule has 2 aliphatic rings. The Kier molecular flexibility index (Phi) is 5.69. The van der Waals surface area contributed by atoms with Crippen molar-refractivity contribution in [1.29, 1.82) is 0 Å². The molecule has 1 spiro atoms. The van der Waals surface area contributed by atoms with Crippen molar-refractivity contribution >= 4 is 23.2 Å². The molecule has 4 rings (SSSR count). The highest BCUT2D eigenvalue weighted by Gasteiger charge is 2.42. The van der Waals surface area contributed by atoms with Crippen LogP contribution in [0.15, 0.2) is 16.8 Å². The molecule has 0 bridgehead atoms. The summed E-state index contributed by atoms with van der Waals surface area (Å²) in [6.45, 7) is 6.66. The zero-order valence-corrected chi connectivity index (χ0v) is 17.7. The van der Waals surface area contributed by atoms with Gasteiger partial charge in [-0.05, 0) is 30.2 Å². The minimum Gasteiger partial charge on any atom is -0.365 e. The molecule has 2 aromatic rings. The maximum absolute atomic E-state index is 12.8. The number of amides is 2. The number of hydrogen-bond donors (Lipinski definition) is 1. The molecule has 1 unspecified atom stereocenters. The van der Waals surface area contributed by atoms with Crippen LogP contribution < -0.4 is 5.32 Å². The van der Waals surface area contributed by atoms with E-state index in [1.54, 1.807) is 0 Å². The molecule has 2 amide bonds. The molecule has 156 valence electrons. The zero-order valence-electron chi connectivity index (χ0n) is 16.9. The summed E-state index contributed by atoms with van der Waals surface area (Å²) in [4.78, 5) is 26.6. The van der Waals surface area contributed by atoms with Crippen LogP contribution in [0.3, 0.4) is 0 Å². The molecule has 2 aliphatic heterocycles. The summed E-state index contributed by atoms with van der Waals surface area (Å²) in [6.07, 6.45) is 2.29. The number of fused-ring (bicyclic) bond motifs is 1. The number of thiophene rings is 1. The SMILES string of the molecule is CC(C)CC(=O)NCc1nnn2c1COC1(CCCN(C(=O)c3ccsc3)C1)C2. The van der Waals surface area contributed by atoms with Crippen molar-refractivity contribution < 1.29 is 14.3 Å². The monoisotopic (exact) mass is 417 g/mol. The predicted octanol–water partition coefficient (Wildman–Crippen LogP) is 2.21. The molecule has 0 saturated carbocycles. The van der Waals surface area contributed by atoms with E-state index in [-0.39, 0.29) is 11.8 Å². The molecule has 1 N–H and O–H groups in total. The van der Waals surface area contributed by atoms with Gasteiger partial charge in [-0.15, -0.1) is 5.10 Å². The number of ether oxygens (including phenoxy) is 1. The largest absolute Gasteiger partial charge is 0.365 e. The van der Waals surface area contributed by atoms with Gasteiger partial charge in [-0.25, -0.2) is 4.68 Å². The summed E-state index contributed by atoms with van der Waals surface area (Å²) < 4.78 is 8.18. The molecular formula is C20H27N5O3S. The lowest BCUT2D eigenvalue weighted by atomic mass is 9.91. The molecule has 2 aromatic heterocycles. The Balaban J connectivity index is 1.41. The highest BCUT2D eigenvalue weighted by molar-refractivity contribution is 7.08. The number of hydrogen-bond acceptors (Lipinski definition) is 6. The third kappa shape index (κ3) is 4.35. The highest BCUT2D eigenvalue weighted by Crippen LogP contribution is 2.33. The molecule has 0 aliphatic carbocycles. The number of likely N-dealkylation sites (tertiary alicyclic amines) is 1. The molecule has 1 atom stereocenters. The van der Waals surface area contributed by atoms with Gasteiger partial charge in [0.25, 0.3) is 5.91 Å². The van der Waals surface area contributed by atoms with E-state index in [1.165, 1.54) is 11.3 Å². The van der Waals surface area contributed by atoms with Gasteiger partial charge in [0.05, 0.1) is 37.5 Å². The summed E-state index contributed by atoms with van der Waals surface area (Å²) >= 11 is 1.53. The summed E-state index contributed by atoms with van der Waals surface area (Å²) in [5.74, 6) is 0.398. The van der Waals surface area contributed by atoms with Crippen molar-refractivity contribution in [2.45, 2.75) is 58.4 Å². The van der Waals surface area contributed by atoms with Crippen LogP contribution in [0.25, 0.3) is 0 Å². The van der Waals surface area contributed by atoms with Gasteiger partial charge in [0.1, 0.15) is 11.3 Å². The number of piperidine rings is 1. The van der Waals surface area contributed by atoms with Crippen LogP contribution in [-0.2, 0) is 29.2 Å². The first-order valence-corrected chi connectivity index (χ1v) is 11.0. The highest BCUT2D eigenvalue weighted by atomic mass is 32.1. The second kappa shape index (κ2) is 8.23. The van der Waals surface area contributed by atoms with E-state index in [2.05, 4.69) is 15.6 Å². The van der Waals surface area contributed by atoms with Crippen molar-refractivity contribution in [1.82, 2.24) is 25.2 Å².